The number of thiophene rings is 1. The molecule has 0 fully saturated rings. The summed E-state index contributed by atoms with van der Waals surface area (Å²) in [6.07, 6.45) is 0. The van der Waals surface area contributed by atoms with Gasteiger partial charge in [-0.1, -0.05) is 0 Å². The standard InChI is InChI=1S/C10H15NO4S/c1-15-8-2-7-16-9(8)10(14)11(3-5-12)4-6-13/h2,7,12-13H,3-6H2,1H3. The number of nitrogens with zero attached hydrogens (tertiary/aromatic N) is 1. The van der Waals surface area contributed by atoms with E-state index in [9.17, 15) is 4.79 Å². The van der Waals surface area contributed by atoms with Crippen LogP contribution in [0.2, 0.25) is 0 Å². The van der Waals surface area contributed by atoms with Gasteiger partial charge in [0.2, 0.25) is 0 Å². The largest absolute Gasteiger partial charge is 0.495 e. The number of hydrogen-bond donors (Lipinski definition) is 2. The normalized spacial score (nSPS) is 10.2. The van der Waals surface area contributed by atoms with E-state index in [2.05, 4.69) is 0 Å². The number of hydrogen-bond acceptors (Lipinski definition) is 5. The first-order chi connectivity index (χ1) is 7.74. The smallest absolute Gasteiger partial charge is 0.267 e. The minimum Gasteiger partial charge on any atom is -0.495 e. The third-order valence-electron chi connectivity index (χ3n) is 2.07. The fraction of sp³-hybridized carbons (Fsp3) is 0.500. The van der Waals surface area contributed by atoms with Gasteiger partial charge in [0.1, 0.15) is 10.6 Å². The maximum absolute atomic E-state index is 12.0. The lowest BCUT2D eigenvalue weighted by atomic mass is 10.3. The molecular weight excluding hydrogens is 230 g/mol. The van der Waals surface area contributed by atoms with Crippen molar-refractivity contribution in [3.8, 4) is 5.75 Å². The molecule has 2 N–H and O–H groups in total. The Labute approximate surface area is 97.9 Å². The summed E-state index contributed by atoms with van der Waals surface area (Å²) < 4.78 is 5.05. The van der Waals surface area contributed by atoms with Gasteiger partial charge in [-0.05, 0) is 11.4 Å². The molecule has 1 aromatic heterocycles. The van der Waals surface area contributed by atoms with Crippen LogP contribution in [0.25, 0.3) is 0 Å². The second kappa shape index (κ2) is 6.47. The van der Waals surface area contributed by atoms with Crippen molar-refractivity contribution in [1.82, 2.24) is 4.90 Å². The number of amides is 1. The molecule has 1 aromatic rings. The first kappa shape index (κ1) is 13.0. The van der Waals surface area contributed by atoms with Crippen molar-refractivity contribution in [3.63, 3.8) is 0 Å². The van der Waals surface area contributed by atoms with E-state index in [1.165, 1.54) is 23.3 Å². The van der Waals surface area contributed by atoms with Crippen molar-refractivity contribution >= 4 is 17.2 Å². The first-order valence-corrected chi connectivity index (χ1v) is 5.75. The highest BCUT2D eigenvalue weighted by Crippen LogP contribution is 2.25. The van der Waals surface area contributed by atoms with Crippen LogP contribution in [0, 0.1) is 0 Å². The molecule has 0 aliphatic heterocycles. The summed E-state index contributed by atoms with van der Waals surface area (Å²) in [6, 6.07) is 1.72. The lowest BCUT2D eigenvalue weighted by molar-refractivity contribution is 0.0686. The van der Waals surface area contributed by atoms with Crippen molar-refractivity contribution in [2.24, 2.45) is 0 Å². The van der Waals surface area contributed by atoms with Gasteiger partial charge in [-0.25, -0.2) is 0 Å². The molecule has 0 atom stereocenters. The average molecular weight is 245 g/mol. The Morgan fingerprint density at radius 3 is 2.56 bits per heavy atom. The van der Waals surface area contributed by atoms with Gasteiger partial charge in [0, 0.05) is 13.1 Å². The predicted octanol–water partition coefficient (Wildman–Crippen LogP) is 0.184. The van der Waals surface area contributed by atoms with Crippen LogP contribution in [0.4, 0.5) is 0 Å². The van der Waals surface area contributed by atoms with E-state index in [0.29, 0.717) is 10.6 Å². The molecule has 0 saturated carbocycles. The molecule has 0 bridgehead atoms. The number of carbonyl (C=O) groups excluding carboxylic acids is 1. The van der Waals surface area contributed by atoms with Gasteiger partial charge in [0.05, 0.1) is 20.3 Å². The van der Waals surface area contributed by atoms with Crippen LogP contribution in [0.3, 0.4) is 0 Å². The van der Waals surface area contributed by atoms with Crippen LogP contribution >= 0.6 is 11.3 Å². The van der Waals surface area contributed by atoms with Gasteiger partial charge in [-0.2, -0.15) is 0 Å². The van der Waals surface area contributed by atoms with Gasteiger partial charge in [-0.15, -0.1) is 11.3 Å². The number of ether oxygens (including phenoxy) is 1. The third kappa shape index (κ3) is 2.94. The molecule has 1 heterocycles. The fourth-order valence-electron chi connectivity index (χ4n) is 1.31. The fourth-order valence-corrected chi connectivity index (χ4v) is 2.14. The van der Waals surface area contributed by atoms with E-state index in [0.717, 1.165) is 0 Å². The second-order valence-corrected chi connectivity index (χ2v) is 3.97. The summed E-state index contributed by atoms with van der Waals surface area (Å²) in [6.45, 7) is 0.166. The van der Waals surface area contributed by atoms with Crippen LogP contribution in [0.15, 0.2) is 11.4 Å². The molecule has 90 valence electrons. The molecule has 6 heteroatoms. The first-order valence-electron chi connectivity index (χ1n) is 4.87. The summed E-state index contributed by atoms with van der Waals surface area (Å²) in [4.78, 5) is 13.9. The minimum absolute atomic E-state index is 0.126. The molecule has 5 nitrogen and oxygen atoms in total. The molecule has 0 unspecified atom stereocenters. The van der Waals surface area contributed by atoms with E-state index < -0.39 is 0 Å². The van der Waals surface area contributed by atoms with E-state index in [1.807, 2.05) is 0 Å². The van der Waals surface area contributed by atoms with E-state index >= 15 is 0 Å². The minimum atomic E-state index is -0.227. The zero-order valence-electron chi connectivity index (χ0n) is 9.05. The van der Waals surface area contributed by atoms with E-state index in [-0.39, 0.29) is 32.2 Å². The van der Waals surface area contributed by atoms with Gasteiger partial charge in [-0.3, -0.25) is 4.79 Å². The van der Waals surface area contributed by atoms with Crippen LogP contribution in [0.1, 0.15) is 9.67 Å². The second-order valence-electron chi connectivity index (χ2n) is 3.06. The molecule has 0 saturated heterocycles. The molecule has 0 aliphatic rings. The highest BCUT2D eigenvalue weighted by atomic mass is 32.1. The summed E-state index contributed by atoms with van der Waals surface area (Å²) in [5.74, 6) is 0.297. The van der Waals surface area contributed by atoms with Crippen LogP contribution in [0.5, 0.6) is 5.75 Å². The van der Waals surface area contributed by atoms with Gasteiger partial charge in [0.25, 0.3) is 5.91 Å². The molecule has 16 heavy (non-hydrogen) atoms. The summed E-state index contributed by atoms with van der Waals surface area (Å²) >= 11 is 1.28. The molecule has 0 aliphatic carbocycles. The van der Waals surface area contributed by atoms with Crippen molar-refractivity contribution < 1.29 is 19.7 Å². The number of carbonyl (C=O) groups is 1. The lowest BCUT2D eigenvalue weighted by Gasteiger charge is -2.20. The molecule has 1 rings (SSSR count). The molecule has 1 amide bonds. The topological polar surface area (TPSA) is 70.0 Å². The Bertz CT molecular complexity index is 333. The van der Waals surface area contributed by atoms with Crippen molar-refractivity contribution in [2.75, 3.05) is 33.4 Å². The van der Waals surface area contributed by atoms with Crippen LogP contribution in [-0.2, 0) is 0 Å². The van der Waals surface area contributed by atoms with Crippen LogP contribution in [-0.4, -0.2) is 54.4 Å². The Kier molecular flexibility index (Phi) is 5.24. The van der Waals surface area contributed by atoms with Gasteiger partial charge in [0.15, 0.2) is 0 Å². The quantitative estimate of drug-likeness (QED) is 0.750. The maximum Gasteiger partial charge on any atom is 0.267 e. The molecule has 0 spiro atoms. The van der Waals surface area contributed by atoms with Crippen LogP contribution < -0.4 is 4.74 Å². The molecule has 0 aromatic carbocycles. The zero-order valence-corrected chi connectivity index (χ0v) is 9.87. The Morgan fingerprint density at radius 1 is 1.44 bits per heavy atom. The Hall–Kier alpha value is -1.11. The zero-order chi connectivity index (χ0) is 12.0. The van der Waals surface area contributed by atoms with E-state index in [4.69, 9.17) is 14.9 Å². The van der Waals surface area contributed by atoms with E-state index in [1.54, 1.807) is 11.4 Å². The SMILES string of the molecule is COc1ccsc1C(=O)N(CCO)CCO. The molecular formula is C10H15NO4S. The highest BCUT2D eigenvalue weighted by Gasteiger charge is 2.19. The monoisotopic (exact) mass is 245 g/mol. The predicted molar refractivity (Wildman–Crippen MR) is 60.9 cm³/mol. The number of aliphatic hydroxyl groups is 2. The number of rotatable bonds is 6. The van der Waals surface area contributed by atoms with Gasteiger partial charge >= 0.3 is 0 Å². The highest BCUT2D eigenvalue weighted by molar-refractivity contribution is 7.12. The van der Waals surface area contributed by atoms with Crippen molar-refractivity contribution in [3.05, 3.63) is 16.3 Å². The Morgan fingerprint density at radius 2 is 2.06 bits per heavy atom. The summed E-state index contributed by atoms with van der Waals surface area (Å²) in [5, 5.41) is 19.4. The number of aliphatic hydroxyl groups excluding tert-OH is 2. The van der Waals surface area contributed by atoms with Gasteiger partial charge < -0.3 is 19.8 Å². The Balaban J connectivity index is 2.81. The third-order valence-corrected chi connectivity index (χ3v) is 2.95. The maximum atomic E-state index is 12.0. The lowest BCUT2D eigenvalue weighted by Crippen LogP contribution is -2.35. The summed E-state index contributed by atoms with van der Waals surface area (Å²) in [5.41, 5.74) is 0. The molecule has 0 radical (unpaired) electrons. The number of methoxy groups -OCH3 is 1. The van der Waals surface area contributed by atoms with Crippen molar-refractivity contribution in [1.29, 1.82) is 0 Å². The summed E-state index contributed by atoms with van der Waals surface area (Å²) in [7, 11) is 1.50. The van der Waals surface area contributed by atoms with Crippen molar-refractivity contribution in [2.45, 2.75) is 0 Å². The average Bonchev–Trinajstić information content (AvgIpc) is 2.75.